The molecule has 0 spiro atoms. The molecular formula is C8H6ClN3O3. The lowest BCUT2D eigenvalue weighted by atomic mass is 10.3. The van der Waals surface area contributed by atoms with E-state index in [0.717, 1.165) is 4.57 Å². The summed E-state index contributed by atoms with van der Waals surface area (Å²) in [5, 5.41) is 13.7. The number of rotatable bonds is 1. The van der Waals surface area contributed by atoms with Gasteiger partial charge in [-0.1, -0.05) is 11.6 Å². The number of hydrogen-bond donors (Lipinski definition) is 3. The van der Waals surface area contributed by atoms with E-state index >= 15 is 0 Å². The monoisotopic (exact) mass is 227 g/mol. The van der Waals surface area contributed by atoms with E-state index in [1.165, 1.54) is 18.2 Å². The van der Waals surface area contributed by atoms with Gasteiger partial charge in [0.25, 0.3) is 0 Å². The Balaban J connectivity index is 2.70. The zero-order valence-corrected chi connectivity index (χ0v) is 8.08. The normalized spacial score (nSPS) is 10.5. The summed E-state index contributed by atoms with van der Waals surface area (Å²) in [6.45, 7) is 0. The smallest absolute Gasteiger partial charge is 0.348 e. The summed E-state index contributed by atoms with van der Waals surface area (Å²) in [6.07, 6.45) is 0. The number of hydrogen-bond acceptors (Lipinski definition) is 3. The fourth-order valence-corrected chi connectivity index (χ4v) is 1.30. The van der Waals surface area contributed by atoms with Crippen molar-refractivity contribution < 1.29 is 5.11 Å². The number of phenols is 1. The molecule has 0 saturated heterocycles. The van der Waals surface area contributed by atoms with Crippen molar-refractivity contribution in [3.05, 3.63) is 44.2 Å². The first-order chi connectivity index (χ1) is 7.09. The highest BCUT2D eigenvalue weighted by atomic mass is 35.5. The molecule has 78 valence electrons. The van der Waals surface area contributed by atoms with Gasteiger partial charge < -0.3 is 5.11 Å². The second-order valence-corrected chi connectivity index (χ2v) is 3.24. The van der Waals surface area contributed by atoms with Crippen molar-refractivity contribution in [3.8, 4) is 11.4 Å². The highest BCUT2D eigenvalue weighted by Crippen LogP contribution is 2.24. The van der Waals surface area contributed by atoms with Gasteiger partial charge in [-0.25, -0.2) is 24.4 Å². The molecule has 0 radical (unpaired) electrons. The number of aromatic amines is 2. The van der Waals surface area contributed by atoms with Crippen LogP contribution in [0.4, 0.5) is 0 Å². The molecule has 0 bridgehead atoms. The molecule has 0 unspecified atom stereocenters. The first-order valence-corrected chi connectivity index (χ1v) is 4.36. The summed E-state index contributed by atoms with van der Waals surface area (Å²) in [4.78, 5) is 22.4. The lowest BCUT2D eigenvalue weighted by Gasteiger charge is -2.00. The summed E-state index contributed by atoms with van der Waals surface area (Å²) < 4.78 is 0.843. The number of H-pyrrole nitrogens is 2. The van der Waals surface area contributed by atoms with Gasteiger partial charge in [0, 0.05) is 6.07 Å². The van der Waals surface area contributed by atoms with E-state index in [1.54, 1.807) is 0 Å². The van der Waals surface area contributed by atoms with Crippen molar-refractivity contribution in [1.29, 1.82) is 0 Å². The second kappa shape index (κ2) is 3.32. The van der Waals surface area contributed by atoms with E-state index < -0.39 is 11.4 Å². The molecule has 1 aromatic carbocycles. The minimum absolute atomic E-state index is 0.152. The van der Waals surface area contributed by atoms with Crippen LogP contribution in [0, 0.1) is 0 Å². The Labute approximate surface area is 87.7 Å². The lowest BCUT2D eigenvalue weighted by molar-refractivity contribution is 0.475. The van der Waals surface area contributed by atoms with E-state index in [4.69, 9.17) is 11.6 Å². The Morgan fingerprint density at radius 2 is 1.80 bits per heavy atom. The van der Waals surface area contributed by atoms with Crippen molar-refractivity contribution >= 4 is 11.6 Å². The van der Waals surface area contributed by atoms with Crippen molar-refractivity contribution in [2.24, 2.45) is 0 Å². The van der Waals surface area contributed by atoms with E-state index in [0.29, 0.717) is 0 Å². The van der Waals surface area contributed by atoms with Gasteiger partial charge >= 0.3 is 11.4 Å². The molecule has 3 N–H and O–H groups in total. The zero-order chi connectivity index (χ0) is 11.0. The number of nitrogens with zero attached hydrogens (tertiary/aromatic N) is 1. The lowest BCUT2D eigenvalue weighted by Crippen LogP contribution is -2.24. The number of aromatic hydroxyl groups is 1. The molecule has 0 fully saturated rings. The Morgan fingerprint density at radius 3 is 2.33 bits per heavy atom. The van der Waals surface area contributed by atoms with Gasteiger partial charge in [-0.15, -0.1) is 0 Å². The van der Waals surface area contributed by atoms with Crippen molar-refractivity contribution in [3.63, 3.8) is 0 Å². The van der Waals surface area contributed by atoms with Crippen LogP contribution in [-0.2, 0) is 0 Å². The van der Waals surface area contributed by atoms with Crippen LogP contribution in [0.5, 0.6) is 5.75 Å². The summed E-state index contributed by atoms with van der Waals surface area (Å²) >= 11 is 5.59. The topological polar surface area (TPSA) is 90.9 Å². The van der Waals surface area contributed by atoms with Crippen LogP contribution >= 0.6 is 11.6 Å². The molecule has 0 aliphatic heterocycles. The van der Waals surface area contributed by atoms with Gasteiger partial charge in [-0.2, -0.15) is 0 Å². The van der Waals surface area contributed by atoms with Crippen LogP contribution in [0.15, 0.2) is 27.8 Å². The molecule has 0 aliphatic rings. The highest BCUT2D eigenvalue weighted by Gasteiger charge is 2.07. The molecule has 1 heterocycles. The largest absolute Gasteiger partial charge is 0.506 e. The Hall–Kier alpha value is -1.95. The maximum absolute atomic E-state index is 11.2. The van der Waals surface area contributed by atoms with Crippen LogP contribution in [0.1, 0.15) is 0 Å². The maximum atomic E-state index is 11.2. The molecule has 2 aromatic rings. The first-order valence-electron chi connectivity index (χ1n) is 3.98. The Morgan fingerprint density at radius 1 is 1.20 bits per heavy atom. The van der Waals surface area contributed by atoms with Gasteiger partial charge in [-0.05, 0) is 12.1 Å². The average Bonchev–Trinajstić information content (AvgIpc) is 2.52. The van der Waals surface area contributed by atoms with Crippen LogP contribution in [0.25, 0.3) is 5.69 Å². The molecule has 0 aliphatic carbocycles. The fourth-order valence-electron chi connectivity index (χ4n) is 1.19. The highest BCUT2D eigenvalue weighted by molar-refractivity contribution is 6.32. The van der Waals surface area contributed by atoms with E-state index in [9.17, 15) is 14.7 Å². The minimum Gasteiger partial charge on any atom is -0.506 e. The summed E-state index contributed by atoms with van der Waals surface area (Å²) in [5.74, 6) is -0.193. The quantitative estimate of drug-likeness (QED) is 0.651. The molecule has 0 saturated carbocycles. The van der Waals surface area contributed by atoms with Gasteiger partial charge in [0.15, 0.2) is 0 Å². The van der Waals surface area contributed by atoms with E-state index in [1.807, 2.05) is 0 Å². The van der Waals surface area contributed by atoms with E-state index in [2.05, 4.69) is 10.2 Å². The molecule has 1 aromatic heterocycles. The Bertz CT molecular complexity index is 583. The third-order valence-electron chi connectivity index (χ3n) is 1.87. The molecule has 15 heavy (non-hydrogen) atoms. The second-order valence-electron chi connectivity index (χ2n) is 2.83. The number of aromatic nitrogens is 3. The third-order valence-corrected chi connectivity index (χ3v) is 2.19. The van der Waals surface area contributed by atoms with Crippen LogP contribution in [0.2, 0.25) is 5.02 Å². The molecule has 2 rings (SSSR count). The third kappa shape index (κ3) is 1.55. The van der Waals surface area contributed by atoms with E-state index in [-0.39, 0.29) is 16.5 Å². The first kappa shape index (κ1) is 9.60. The Kier molecular flexibility index (Phi) is 2.12. The van der Waals surface area contributed by atoms with Crippen LogP contribution in [-0.4, -0.2) is 19.9 Å². The van der Waals surface area contributed by atoms with Gasteiger partial charge in [0.1, 0.15) is 5.75 Å². The maximum Gasteiger partial charge on any atom is 0.348 e. The molecule has 0 amide bonds. The fraction of sp³-hybridized carbons (Fsp3) is 0. The predicted molar refractivity (Wildman–Crippen MR) is 53.7 cm³/mol. The van der Waals surface area contributed by atoms with Gasteiger partial charge in [-0.3, -0.25) is 0 Å². The van der Waals surface area contributed by atoms with Crippen LogP contribution < -0.4 is 11.4 Å². The molecule has 6 nitrogen and oxygen atoms in total. The predicted octanol–water partition coefficient (Wildman–Crippen LogP) is 0.213. The summed E-state index contributed by atoms with van der Waals surface area (Å²) in [5.41, 5.74) is -0.979. The van der Waals surface area contributed by atoms with Gasteiger partial charge in [0.05, 0.1) is 10.7 Å². The minimum atomic E-state index is -0.610. The SMILES string of the molecule is O=c1[nH][nH]c(=O)n1-c1ccc(Cl)c(O)c1. The summed E-state index contributed by atoms with van der Waals surface area (Å²) in [7, 11) is 0. The number of phenolic OH excluding ortho intramolecular Hbond substituents is 1. The van der Waals surface area contributed by atoms with Crippen molar-refractivity contribution in [2.75, 3.05) is 0 Å². The molecule has 0 atom stereocenters. The number of nitrogens with one attached hydrogen (secondary N) is 2. The zero-order valence-electron chi connectivity index (χ0n) is 7.32. The number of benzene rings is 1. The van der Waals surface area contributed by atoms with Crippen LogP contribution in [0.3, 0.4) is 0 Å². The number of halogens is 1. The summed E-state index contributed by atoms with van der Waals surface area (Å²) in [6, 6.07) is 4.07. The van der Waals surface area contributed by atoms with Crippen molar-refractivity contribution in [2.45, 2.75) is 0 Å². The average molecular weight is 228 g/mol. The van der Waals surface area contributed by atoms with Gasteiger partial charge in [0.2, 0.25) is 0 Å². The standard InChI is InChI=1S/C8H6ClN3O3/c9-5-2-1-4(3-6(5)13)12-7(14)10-11-8(12)15/h1-3,13H,(H,10,14)(H,11,15). The van der Waals surface area contributed by atoms with Crippen molar-refractivity contribution in [1.82, 2.24) is 14.8 Å². The molecular weight excluding hydrogens is 222 g/mol. The molecule has 7 heteroatoms.